The van der Waals surface area contributed by atoms with Crippen LogP contribution >= 0.6 is 0 Å². The number of fused-ring (bicyclic) bond motifs is 1. The van der Waals surface area contributed by atoms with Gasteiger partial charge < -0.3 is 10.6 Å². The molecule has 0 bridgehead atoms. The van der Waals surface area contributed by atoms with E-state index in [1.165, 1.54) is 0 Å². The third kappa shape index (κ3) is 2.47. The Kier molecular flexibility index (Phi) is 3.87. The third-order valence-corrected chi connectivity index (χ3v) is 3.95. The Morgan fingerprint density at radius 1 is 1.16 bits per heavy atom. The van der Waals surface area contributed by atoms with Gasteiger partial charge in [0, 0.05) is 12.6 Å². The molecule has 19 heavy (non-hydrogen) atoms. The second-order valence-electron chi connectivity index (χ2n) is 4.74. The maximum Gasteiger partial charge on any atom is 0.226 e. The van der Waals surface area contributed by atoms with Crippen molar-refractivity contribution in [2.24, 2.45) is 0 Å². The minimum absolute atomic E-state index is 0.0730. The number of nitrogens with zero attached hydrogens (tertiary/aromatic N) is 3. The number of aromatic nitrogens is 4. The van der Waals surface area contributed by atoms with Crippen molar-refractivity contribution in [3.05, 3.63) is 6.20 Å². The third-order valence-electron chi connectivity index (χ3n) is 3.95. The van der Waals surface area contributed by atoms with Crippen LogP contribution in [0.4, 0.5) is 11.8 Å². The Labute approximate surface area is 113 Å². The molecular formula is C13H22N6. The van der Waals surface area contributed by atoms with Crippen molar-refractivity contribution in [2.45, 2.75) is 45.6 Å². The Hall–Kier alpha value is -1.85. The molecule has 0 fully saturated rings. The average molecular weight is 262 g/mol. The lowest BCUT2D eigenvalue weighted by Gasteiger charge is -2.32. The quantitative estimate of drug-likeness (QED) is 0.746. The summed E-state index contributed by atoms with van der Waals surface area (Å²) in [4.78, 5) is 8.87. The average Bonchev–Trinajstić information content (AvgIpc) is 2.93. The normalized spacial score (nSPS) is 11.8. The Balaban J connectivity index is 2.46. The predicted octanol–water partition coefficient (Wildman–Crippen LogP) is 2.78. The van der Waals surface area contributed by atoms with Crippen molar-refractivity contribution in [2.75, 3.05) is 17.7 Å². The highest BCUT2D eigenvalue weighted by Gasteiger charge is 2.25. The minimum atomic E-state index is 0.0730. The summed E-state index contributed by atoms with van der Waals surface area (Å²) in [5, 5.41) is 14.4. The SMILES string of the molecule is CCC(CC)(CC)Nc1nc(NC)nc2[nH]ncc12. The van der Waals surface area contributed by atoms with Crippen molar-refractivity contribution >= 4 is 22.8 Å². The molecular weight excluding hydrogens is 240 g/mol. The molecule has 2 aromatic heterocycles. The van der Waals surface area contributed by atoms with E-state index in [1.807, 2.05) is 7.05 Å². The van der Waals surface area contributed by atoms with Gasteiger partial charge in [-0.1, -0.05) is 20.8 Å². The van der Waals surface area contributed by atoms with E-state index in [2.05, 4.69) is 51.6 Å². The summed E-state index contributed by atoms with van der Waals surface area (Å²) in [6, 6.07) is 0. The number of hydrogen-bond donors (Lipinski definition) is 3. The van der Waals surface area contributed by atoms with Crippen LogP contribution in [0.3, 0.4) is 0 Å². The van der Waals surface area contributed by atoms with Crippen LogP contribution in [0.15, 0.2) is 6.20 Å². The first kappa shape index (κ1) is 13.6. The summed E-state index contributed by atoms with van der Waals surface area (Å²) in [6.07, 6.45) is 4.93. The van der Waals surface area contributed by atoms with E-state index in [0.29, 0.717) is 5.95 Å². The summed E-state index contributed by atoms with van der Waals surface area (Å²) < 4.78 is 0. The van der Waals surface area contributed by atoms with Crippen molar-refractivity contribution in [1.29, 1.82) is 0 Å². The largest absolute Gasteiger partial charge is 0.364 e. The smallest absolute Gasteiger partial charge is 0.226 e. The summed E-state index contributed by atoms with van der Waals surface area (Å²) in [5.41, 5.74) is 0.822. The lowest BCUT2D eigenvalue weighted by atomic mass is 9.90. The Bertz CT molecular complexity index is 535. The van der Waals surface area contributed by atoms with E-state index >= 15 is 0 Å². The second-order valence-corrected chi connectivity index (χ2v) is 4.74. The van der Waals surface area contributed by atoms with Crippen molar-refractivity contribution in [3.8, 4) is 0 Å². The molecule has 0 aromatic carbocycles. The van der Waals surface area contributed by atoms with Crippen LogP contribution in [0.1, 0.15) is 40.0 Å². The highest BCUT2D eigenvalue weighted by Crippen LogP contribution is 2.28. The molecule has 3 N–H and O–H groups in total. The number of anilines is 2. The van der Waals surface area contributed by atoms with E-state index < -0.39 is 0 Å². The molecule has 6 heteroatoms. The van der Waals surface area contributed by atoms with Gasteiger partial charge in [-0.05, 0) is 19.3 Å². The van der Waals surface area contributed by atoms with Crippen LogP contribution in [-0.4, -0.2) is 32.8 Å². The summed E-state index contributed by atoms with van der Waals surface area (Å²) in [7, 11) is 1.81. The fraction of sp³-hybridized carbons (Fsp3) is 0.615. The molecule has 0 radical (unpaired) electrons. The maximum absolute atomic E-state index is 4.53. The molecule has 0 saturated heterocycles. The number of hydrogen-bond acceptors (Lipinski definition) is 5. The first-order chi connectivity index (χ1) is 9.18. The zero-order valence-electron chi connectivity index (χ0n) is 12.0. The molecule has 0 spiro atoms. The predicted molar refractivity (Wildman–Crippen MR) is 78.5 cm³/mol. The first-order valence-corrected chi connectivity index (χ1v) is 6.85. The van der Waals surface area contributed by atoms with E-state index in [1.54, 1.807) is 6.20 Å². The topological polar surface area (TPSA) is 78.5 Å². The zero-order chi connectivity index (χ0) is 13.9. The lowest BCUT2D eigenvalue weighted by molar-refractivity contribution is 0.419. The first-order valence-electron chi connectivity index (χ1n) is 6.85. The molecule has 104 valence electrons. The van der Waals surface area contributed by atoms with Gasteiger partial charge in [0.2, 0.25) is 5.95 Å². The summed E-state index contributed by atoms with van der Waals surface area (Å²) >= 11 is 0. The van der Waals surface area contributed by atoms with Crippen molar-refractivity contribution in [1.82, 2.24) is 20.2 Å². The number of aromatic amines is 1. The summed E-state index contributed by atoms with van der Waals surface area (Å²) in [5.74, 6) is 1.44. The van der Waals surface area contributed by atoms with Gasteiger partial charge in [-0.3, -0.25) is 5.10 Å². The van der Waals surface area contributed by atoms with Gasteiger partial charge in [-0.2, -0.15) is 15.1 Å². The van der Waals surface area contributed by atoms with Crippen LogP contribution in [0.2, 0.25) is 0 Å². The molecule has 2 heterocycles. The van der Waals surface area contributed by atoms with Gasteiger partial charge in [-0.15, -0.1) is 0 Å². The van der Waals surface area contributed by atoms with Gasteiger partial charge in [0.25, 0.3) is 0 Å². The molecule has 0 aliphatic carbocycles. The Morgan fingerprint density at radius 3 is 2.42 bits per heavy atom. The molecule has 0 amide bonds. The lowest BCUT2D eigenvalue weighted by Crippen LogP contribution is -2.36. The molecule has 0 unspecified atom stereocenters. The highest BCUT2D eigenvalue weighted by atomic mass is 15.2. The van der Waals surface area contributed by atoms with E-state index in [0.717, 1.165) is 36.1 Å². The second kappa shape index (κ2) is 5.42. The fourth-order valence-corrected chi connectivity index (χ4v) is 2.31. The standard InChI is InChI=1S/C13H22N6/c1-5-13(6-2,7-3)18-10-9-8-15-19-11(9)17-12(14-4)16-10/h8H,5-7H2,1-4H3,(H3,14,15,16,17,18,19). The highest BCUT2D eigenvalue weighted by molar-refractivity contribution is 5.87. The van der Waals surface area contributed by atoms with E-state index in [4.69, 9.17) is 0 Å². The number of nitrogens with one attached hydrogen (secondary N) is 3. The molecule has 0 aliphatic heterocycles. The van der Waals surface area contributed by atoms with Crippen LogP contribution in [0, 0.1) is 0 Å². The van der Waals surface area contributed by atoms with Crippen molar-refractivity contribution in [3.63, 3.8) is 0 Å². The minimum Gasteiger partial charge on any atom is -0.364 e. The molecule has 6 nitrogen and oxygen atoms in total. The van der Waals surface area contributed by atoms with Crippen molar-refractivity contribution < 1.29 is 0 Å². The van der Waals surface area contributed by atoms with Crippen LogP contribution in [0.5, 0.6) is 0 Å². The monoisotopic (exact) mass is 262 g/mol. The number of rotatable bonds is 6. The molecule has 0 saturated carbocycles. The fourth-order valence-electron chi connectivity index (χ4n) is 2.31. The van der Waals surface area contributed by atoms with Crippen LogP contribution in [-0.2, 0) is 0 Å². The Morgan fingerprint density at radius 2 is 1.84 bits per heavy atom. The van der Waals surface area contributed by atoms with E-state index in [-0.39, 0.29) is 5.54 Å². The number of H-pyrrole nitrogens is 1. The molecule has 0 aliphatic rings. The van der Waals surface area contributed by atoms with Gasteiger partial charge in [0.15, 0.2) is 5.65 Å². The van der Waals surface area contributed by atoms with Crippen LogP contribution in [0.25, 0.3) is 11.0 Å². The molecule has 0 atom stereocenters. The van der Waals surface area contributed by atoms with Gasteiger partial charge in [0.1, 0.15) is 5.82 Å². The molecule has 2 rings (SSSR count). The van der Waals surface area contributed by atoms with Gasteiger partial charge >= 0.3 is 0 Å². The zero-order valence-corrected chi connectivity index (χ0v) is 12.0. The van der Waals surface area contributed by atoms with E-state index in [9.17, 15) is 0 Å². The molecule has 2 aromatic rings. The van der Waals surface area contributed by atoms with Gasteiger partial charge in [-0.25, -0.2) is 0 Å². The maximum atomic E-state index is 4.53. The summed E-state index contributed by atoms with van der Waals surface area (Å²) in [6.45, 7) is 6.60. The van der Waals surface area contributed by atoms with Crippen LogP contribution < -0.4 is 10.6 Å². The van der Waals surface area contributed by atoms with Gasteiger partial charge in [0.05, 0.1) is 11.6 Å².